The topological polar surface area (TPSA) is 99.0 Å². The second-order valence-electron chi connectivity index (χ2n) is 8.66. The molecule has 3 rings (SSSR count). The molecule has 1 amide bonds. The average Bonchev–Trinajstić information content (AvgIpc) is 2.80. The van der Waals surface area contributed by atoms with Crippen LogP contribution in [0.25, 0.3) is 0 Å². The number of aliphatic hydroxyl groups excluding tert-OH is 2. The number of aliphatic hydroxyl groups is 2. The molecular weight excluding hydrogens is 420 g/mol. The van der Waals surface area contributed by atoms with Crippen LogP contribution in [0, 0.1) is 17.8 Å². The molecule has 2 aromatic rings. The van der Waals surface area contributed by atoms with Crippen molar-refractivity contribution in [3.63, 3.8) is 0 Å². The first-order valence-corrected chi connectivity index (χ1v) is 11.1. The van der Waals surface area contributed by atoms with Gasteiger partial charge in [-0.2, -0.15) is 0 Å². The van der Waals surface area contributed by atoms with E-state index in [9.17, 15) is 15.0 Å². The number of hydrogen-bond donors (Lipinski definition) is 2. The smallest absolute Gasteiger partial charge is 0.259 e. The molecule has 8 nitrogen and oxygen atoms in total. The fourth-order valence-corrected chi connectivity index (χ4v) is 3.72. The van der Waals surface area contributed by atoms with E-state index >= 15 is 0 Å². The normalized spacial score (nSPS) is 20.1. The highest BCUT2D eigenvalue weighted by Crippen LogP contribution is 2.27. The number of aromatic nitrogens is 2. The van der Waals surface area contributed by atoms with Crippen LogP contribution >= 0.6 is 0 Å². The van der Waals surface area contributed by atoms with E-state index in [1.807, 2.05) is 39.1 Å². The van der Waals surface area contributed by atoms with Gasteiger partial charge >= 0.3 is 0 Å². The highest BCUT2D eigenvalue weighted by molar-refractivity contribution is 5.97. The van der Waals surface area contributed by atoms with Gasteiger partial charge in [-0.15, -0.1) is 0 Å². The number of fused-ring (bicyclic) bond motifs is 1. The Balaban J connectivity index is 1.91. The Morgan fingerprint density at radius 3 is 2.79 bits per heavy atom. The van der Waals surface area contributed by atoms with Crippen molar-refractivity contribution in [2.45, 2.75) is 45.6 Å². The van der Waals surface area contributed by atoms with Crippen LogP contribution in [-0.4, -0.2) is 80.9 Å². The van der Waals surface area contributed by atoms with E-state index in [4.69, 9.17) is 4.74 Å². The van der Waals surface area contributed by atoms with Gasteiger partial charge in [-0.3, -0.25) is 14.7 Å². The van der Waals surface area contributed by atoms with Crippen LogP contribution in [0.1, 0.15) is 42.4 Å². The predicted molar refractivity (Wildman–Crippen MR) is 125 cm³/mol. The van der Waals surface area contributed by atoms with Crippen molar-refractivity contribution < 1.29 is 19.7 Å². The number of hydrogen-bond acceptors (Lipinski definition) is 7. The van der Waals surface area contributed by atoms with Gasteiger partial charge in [-0.05, 0) is 39.1 Å². The first-order chi connectivity index (χ1) is 15.8. The minimum absolute atomic E-state index is 0.00112. The summed E-state index contributed by atoms with van der Waals surface area (Å²) < 4.78 is 6.29. The molecule has 2 aromatic heterocycles. The fourth-order valence-electron chi connectivity index (χ4n) is 3.72. The summed E-state index contributed by atoms with van der Waals surface area (Å²) in [6.07, 6.45) is 2.30. The first-order valence-electron chi connectivity index (χ1n) is 11.1. The lowest BCUT2D eigenvalue weighted by Crippen LogP contribution is -2.49. The largest absolute Gasteiger partial charge is 0.472 e. The molecule has 0 spiro atoms. The van der Waals surface area contributed by atoms with E-state index in [-0.39, 0.29) is 36.5 Å². The van der Waals surface area contributed by atoms with E-state index < -0.39 is 6.10 Å². The van der Waals surface area contributed by atoms with Crippen LogP contribution in [0.15, 0.2) is 36.7 Å². The summed E-state index contributed by atoms with van der Waals surface area (Å²) in [6, 6.07) is 7.12. The number of ether oxygens (including phenoxy) is 1. The quantitative estimate of drug-likeness (QED) is 0.642. The van der Waals surface area contributed by atoms with Crippen molar-refractivity contribution in [2.24, 2.45) is 5.92 Å². The van der Waals surface area contributed by atoms with Gasteiger partial charge in [0.05, 0.1) is 18.3 Å². The molecule has 0 aliphatic carbocycles. The molecule has 8 heteroatoms. The predicted octanol–water partition coefficient (Wildman–Crippen LogP) is 1.56. The fraction of sp³-hybridized carbons (Fsp3) is 0.480. The molecule has 2 N–H and O–H groups in total. The van der Waals surface area contributed by atoms with E-state index in [0.717, 1.165) is 5.69 Å². The minimum atomic E-state index is -0.787. The molecule has 176 valence electrons. The molecule has 1 aliphatic rings. The first kappa shape index (κ1) is 24.6. The molecule has 3 heterocycles. The number of carbonyl (C=O) groups excluding carboxylic acids is 1. The number of likely N-dealkylation sites (N-methyl/N-ethyl adjacent to an activating group) is 1. The van der Waals surface area contributed by atoms with Gasteiger partial charge in [0.15, 0.2) is 0 Å². The Kier molecular flexibility index (Phi) is 8.39. The maximum atomic E-state index is 13.4. The van der Waals surface area contributed by atoms with Gasteiger partial charge in [0, 0.05) is 43.5 Å². The summed E-state index contributed by atoms with van der Waals surface area (Å²) in [5.41, 5.74) is 1.78. The third kappa shape index (κ3) is 6.51. The molecule has 0 bridgehead atoms. The Hall–Kier alpha value is -2.99. The second kappa shape index (κ2) is 11.2. The third-order valence-corrected chi connectivity index (χ3v) is 5.60. The van der Waals surface area contributed by atoms with Crippen molar-refractivity contribution in [3.05, 3.63) is 53.5 Å². The number of rotatable bonds is 6. The van der Waals surface area contributed by atoms with Crippen molar-refractivity contribution in [1.82, 2.24) is 19.8 Å². The van der Waals surface area contributed by atoms with Gasteiger partial charge in [0.25, 0.3) is 5.91 Å². The summed E-state index contributed by atoms with van der Waals surface area (Å²) in [6.45, 7) is 6.99. The lowest BCUT2D eigenvalue weighted by atomic mass is 10.00. The lowest BCUT2D eigenvalue weighted by molar-refractivity contribution is 0.0324. The van der Waals surface area contributed by atoms with Crippen LogP contribution in [0.3, 0.4) is 0 Å². The molecule has 4 atom stereocenters. The van der Waals surface area contributed by atoms with E-state index in [1.165, 1.54) is 0 Å². The molecule has 0 fully saturated rings. The number of amides is 1. The lowest BCUT2D eigenvalue weighted by Gasteiger charge is -2.37. The zero-order valence-electron chi connectivity index (χ0n) is 19.6. The van der Waals surface area contributed by atoms with Crippen LogP contribution in [0.2, 0.25) is 0 Å². The monoisotopic (exact) mass is 452 g/mol. The highest BCUT2D eigenvalue weighted by Gasteiger charge is 2.34. The van der Waals surface area contributed by atoms with Crippen LogP contribution in [0.4, 0.5) is 0 Å². The standard InChI is InChI=1S/C25H32N4O4/c1-17-13-29(18(2)16-30)25(32)22-11-20(9-8-19(3)31)12-27-24(22)33-23(17)15-28(4)14-21-7-5-6-10-26-21/h5-7,10-12,17-19,23,30-31H,13-16H2,1-4H3/t17-,18+,19-,23-/m0/s1. The number of carbonyl (C=O) groups is 1. The summed E-state index contributed by atoms with van der Waals surface area (Å²) in [5.74, 6) is 5.50. The van der Waals surface area contributed by atoms with Gasteiger partial charge in [-0.25, -0.2) is 4.98 Å². The number of nitrogens with zero attached hydrogens (tertiary/aromatic N) is 4. The molecule has 0 saturated carbocycles. The van der Waals surface area contributed by atoms with E-state index in [0.29, 0.717) is 30.8 Å². The van der Waals surface area contributed by atoms with Gasteiger partial charge in [0.1, 0.15) is 17.8 Å². The highest BCUT2D eigenvalue weighted by atomic mass is 16.5. The third-order valence-electron chi connectivity index (χ3n) is 5.60. The maximum absolute atomic E-state index is 13.4. The van der Waals surface area contributed by atoms with Gasteiger partial charge in [0.2, 0.25) is 5.88 Å². The van der Waals surface area contributed by atoms with Crippen LogP contribution < -0.4 is 4.74 Å². The number of pyridine rings is 2. The molecule has 0 unspecified atom stereocenters. The Labute approximate surface area is 195 Å². The Morgan fingerprint density at radius 2 is 2.12 bits per heavy atom. The maximum Gasteiger partial charge on any atom is 0.259 e. The summed E-state index contributed by atoms with van der Waals surface area (Å²) in [7, 11) is 2.01. The van der Waals surface area contributed by atoms with Crippen molar-refractivity contribution in [3.8, 4) is 17.7 Å². The molecule has 0 aromatic carbocycles. The minimum Gasteiger partial charge on any atom is -0.472 e. The second-order valence-corrected chi connectivity index (χ2v) is 8.66. The Morgan fingerprint density at radius 1 is 1.33 bits per heavy atom. The van der Waals surface area contributed by atoms with Crippen LogP contribution in [-0.2, 0) is 6.54 Å². The van der Waals surface area contributed by atoms with Crippen LogP contribution in [0.5, 0.6) is 5.88 Å². The zero-order valence-corrected chi connectivity index (χ0v) is 19.6. The Bertz CT molecular complexity index is 1000. The molecule has 33 heavy (non-hydrogen) atoms. The zero-order chi connectivity index (χ0) is 24.0. The van der Waals surface area contributed by atoms with E-state index in [1.54, 1.807) is 30.3 Å². The molecule has 0 saturated heterocycles. The van der Waals surface area contributed by atoms with Gasteiger partial charge < -0.3 is 19.8 Å². The summed E-state index contributed by atoms with van der Waals surface area (Å²) >= 11 is 0. The SMILES string of the molecule is C[C@H](O)C#Cc1cnc2c(c1)C(=O)N([C@H](C)CO)C[C@H](C)[C@H](CN(C)Cc1ccccn1)O2. The summed E-state index contributed by atoms with van der Waals surface area (Å²) in [5, 5.41) is 19.2. The van der Waals surface area contributed by atoms with E-state index in [2.05, 4.69) is 26.7 Å². The van der Waals surface area contributed by atoms with Crippen molar-refractivity contribution in [1.29, 1.82) is 0 Å². The summed E-state index contributed by atoms with van der Waals surface area (Å²) in [4.78, 5) is 26.0. The van der Waals surface area contributed by atoms with Gasteiger partial charge in [-0.1, -0.05) is 24.8 Å². The average molecular weight is 453 g/mol. The van der Waals surface area contributed by atoms with Crippen molar-refractivity contribution >= 4 is 5.91 Å². The molecule has 1 aliphatic heterocycles. The molecule has 0 radical (unpaired) electrons. The van der Waals surface area contributed by atoms with Crippen molar-refractivity contribution in [2.75, 3.05) is 26.7 Å². The molecular formula is C25H32N4O4.